The minimum absolute atomic E-state index is 0.131. The first-order valence-electron chi connectivity index (χ1n) is 5.12. The maximum Gasteiger partial charge on any atom is 0.573 e. The van der Waals surface area contributed by atoms with Crippen LogP contribution in [0.2, 0.25) is 0 Å². The molecule has 0 amide bonds. The Balaban J connectivity index is 2.25. The number of alkyl halides is 3. The molecule has 0 saturated heterocycles. The average Bonchev–Trinajstić information content (AvgIpc) is 2.32. The monoisotopic (exact) mass is 272 g/mol. The molecule has 0 aliphatic rings. The molecule has 0 fully saturated rings. The second-order valence-corrected chi connectivity index (χ2v) is 3.68. The van der Waals surface area contributed by atoms with Gasteiger partial charge in [0.2, 0.25) is 5.95 Å². The summed E-state index contributed by atoms with van der Waals surface area (Å²) in [5.74, 6) is -1.12. The minimum atomic E-state index is -4.73. The second kappa shape index (κ2) is 4.75. The Hall–Kier alpha value is -2.31. The third kappa shape index (κ3) is 3.34. The van der Waals surface area contributed by atoms with Crippen LogP contribution in [0.4, 0.5) is 23.2 Å². The Morgan fingerprint density at radius 3 is 2.21 bits per heavy atom. The number of ether oxygens (including phenoxy) is 1. The highest BCUT2D eigenvalue weighted by atomic mass is 19.4. The Morgan fingerprint density at radius 2 is 1.68 bits per heavy atom. The SMILES string of the molecule is Nc1cc(-c2ccc(OC(F)(F)F)cc2)cnc1F. The Kier molecular flexibility index (Phi) is 3.28. The van der Waals surface area contributed by atoms with Gasteiger partial charge in [-0.3, -0.25) is 0 Å². The van der Waals surface area contributed by atoms with Crippen LogP contribution in [0.15, 0.2) is 36.5 Å². The van der Waals surface area contributed by atoms with Gasteiger partial charge in [0.05, 0.1) is 5.69 Å². The lowest BCUT2D eigenvalue weighted by Crippen LogP contribution is -2.16. The zero-order valence-electron chi connectivity index (χ0n) is 9.41. The summed E-state index contributed by atoms with van der Waals surface area (Å²) in [5, 5.41) is 0. The van der Waals surface area contributed by atoms with Gasteiger partial charge in [-0.2, -0.15) is 4.39 Å². The summed E-state index contributed by atoms with van der Waals surface area (Å²) in [6.45, 7) is 0. The molecule has 2 aromatic rings. The quantitative estimate of drug-likeness (QED) is 0.673. The molecule has 1 aromatic heterocycles. The van der Waals surface area contributed by atoms with Crippen LogP contribution >= 0.6 is 0 Å². The molecule has 0 spiro atoms. The van der Waals surface area contributed by atoms with Crippen LogP contribution in [0.1, 0.15) is 0 Å². The standard InChI is InChI=1S/C12H8F4N2O/c13-11-10(17)5-8(6-18-11)7-1-3-9(4-2-7)19-12(14,15)16/h1-6H,17H2. The van der Waals surface area contributed by atoms with Crippen LogP contribution in [-0.2, 0) is 0 Å². The summed E-state index contributed by atoms with van der Waals surface area (Å²) >= 11 is 0. The van der Waals surface area contributed by atoms with Crippen LogP contribution in [-0.4, -0.2) is 11.3 Å². The van der Waals surface area contributed by atoms with E-state index in [-0.39, 0.29) is 11.4 Å². The summed E-state index contributed by atoms with van der Waals surface area (Å²) in [6, 6.07) is 6.46. The highest BCUT2D eigenvalue weighted by molar-refractivity contribution is 5.66. The molecule has 1 heterocycles. The van der Waals surface area contributed by atoms with Crippen molar-refractivity contribution in [3.05, 3.63) is 42.5 Å². The van der Waals surface area contributed by atoms with E-state index in [4.69, 9.17) is 5.73 Å². The molecule has 7 heteroatoms. The van der Waals surface area contributed by atoms with Gasteiger partial charge < -0.3 is 10.5 Å². The van der Waals surface area contributed by atoms with Gasteiger partial charge in [-0.25, -0.2) is 4.98 Å². The topological polar surface area (TPSA) is 48.1 Å². The van der Waals surface area contributed by atoms with Crippen LogP contribution in [0.25, 0.3) is 11.1 Å². The van der Waals surface area contributed by atoms with Gasteiger partial charge in [-0.05, 0) is 23.8 Å². The van der Waals surface area contributed by atoms with E-state index < -0.39 is 12.3 Å². The molecule has 3 nitrogen and oxygen atoms in total. The highest BCUT2D eigenvalue weighted by Crippen LogP contribution is 2.27. The van der Waals surface area contributed by atoms with Crippen molar-refractivity contribution < 1.29 is 22.3 Å². The van der Waals surface area contributed by atoms with Gasteiger partial charge in [0, 0.05) is 11.8 Å². The van der Waals surface area contributed by atoms with Crippen molar-refractivity contribution in [2.24, 2.45) is 0 Å². The predicted octanol–water partition coefficient (Wildman–Crippen LogP) is 3.37. The fourth-order valence-electron chi connectivity index (χ4n) is 1.47. The van der Waals surface area contributed by atoms with Crippen molar-refractivity contribution in [3.8, 4) is 16.9 Å². The van der Waals surface area contributed by atoms with Crippen molar-refractivity contribution in [1.29, 1.82) is 0 Å². The summed E-state index contributed by atoms with van der Waals surface area (Å²) in [7, 11) is 0. The minimum Gasteiger partial charge on any atom is -0.406 e. The van der Waals surface area contributed by atoms with Crippen molar-refractivity contribution in [2.75, 3.05) is 5.73 Å². The first kappa shape index (κ1) is 13.1. The summed E-state index contributed by atoms with van der Waals surface area (Å²) in [4.78, 5) is 3.43. The van der Waals surface area contributed by atoms with Crippen LogP contribution in [0.5, 0.6) is 5.75 Å². The van der Waals surface area contributed by atoms with Crippen LogP contribution in [0, 0.1) is 5.95 Å². The Morgan fingerprint density at radius 1 is 1.05 bits per heavy atom. The molecule has 0 unspecified atom stereocenters. The van der Waals surface area contributed by atoms with Crippen LogP contribution in [0.3, 0.4) is 0 Å². The number of rotatable bonds is 2. The zero-order valence-corrected chi connectivity index (χ0v) is 9.41. The van der Waals surface area contributed by atoms with Gasteiger partial charge in [0.1, 0.15) is 5.75 Å². The third-order valence-electron chi connectivity index (χ3n) is 2.29. The smallest absolute Gasteiger partial charge is 0.406 e. The van der Waals surface area contributed by atoms with E-state index in [0.717, 1.165) is 12.1 Å². The van der Waals surface area contributed by atoms with Gasteiger partial charge >= 0.3 is 6.36 Å². The number of nitrogens with zero attached hydrogens (tertiary/aromatic N) is 1. The van der Waals surface area contributed by atoms with E-state index in [9.17, 15) is 17.6 Å². The Bertz CT molecular complexity index is 581. The van der Waals surface area contributed by atoms with Crippen molar-refractivity contribution in [3.63, 3.8) is 0 Å². The molecule has 0 saturated carbocycles. The van der Waals surface area contributed by atoms with Gasteiger partial charge in [-0.1, -0.05) is 12.1 Å². The molecule has 0 radical (unpaired) electrons. The predicted molar refractivity (Wildman–Crippen MR) is 60.7 cm³/mol. The maximum absolute atomic E-state index is 12.9. The fourth-order valence-corrected chi connectivity index (χ4v) is 1.47. The number of benzene rings is 1. The normalized spacial score (nSPS) is 11.4. The van der Waals surface area contributed by atoms with E-state index in [0.29, 0.717) is 11.1 Å². The number of pyridine rings is 1. The summed E-state index contributed by atoms with van der Waals surface area (Å²) < 4.78 is 52.5. The van der Waals surface area contributed by atoms with Crippen LogP contribution < -0.4 is 10.5 Å². The number of halogens is 4. The summed E-state index contributed by atoms with van der Waals surface area (Å²) in [6.07, 6.45) is -3.49. The van der Waals surface area contributed by atoms with E-state index in [2.05, 4.69) is 9.72 Å². The number of nitrogen functional groups attached to an aromatic ring is 1. The molecule has 100 valence electrons. The highest BCUT2D eigenvalue weighted by Gasteiger charge is 2.30. The lowest BCUT2D eigenvalue weighted by molar-refractivity contribution is -0.274. The first-order valence-corrected chi connectivity index (χ1v) is 5.12. The third-order valence-corrected chi connectivity index (χ3v) is 2.29. The molecular formula is C12H8F4N2O. The number of aromatic nitrogens is 1. The zero-order chi connectivity index (χ0) is 14.0. The average molecular weight is 272 g/mol. The van der Waals surface area contributed by atoms with Gasteiger partial charge in [0.15, 0.2) is 0 Å². The van der Waals surface area contributed by atoms with Crippen molar-refractivity contribution >= 4 is 5.69 Å². The molecular weight excluding hydrogens is 264 g/mol. The first-order chi connectivity index (χ1) is 8.85. The van der Waals surface area contributed by atoms with E-state index in [1.807, 2.05) is 0 Å². The lowest BCUT2D eigenvalue weighted by atomic mass is 10.1. The van der Waals surface area contributed by atoms with Gasteiger partial charge in [-0.15, -0.1) is 13.2 Å². The molecule has 0 atom stereocenters. The van der Waals surface area contributed by atoms with E-state index in [1.54, 1.807) is 0 Å². The molecule has 2 N–H and O–H groups in total. The molecule has 0 aliphatic carbocycles. The number of anilines is 1. The van der Waals surface area contributed by atoms with E-state index in [1.165, 1.54) is 24.4 Å². The Labute approximate surface area is 105 Å². The molecule has 19 heavy (non-hydrogen) atoms. The van der Waals surface area contributed by atoms with Crippen molar-refractivity contribution in [1.82, 2.24) is 4.98 Å². The number of hydrogen-bond donors (Lipinski definition) is 1. The molecule has 0 aliphatic heterocycles. The summed E-state index contributed by atoms with van der Waals surface area (Å²) in [5.41, 5.74) is 6.28. The van der Waals surface area contributed by atoms with Gasteiger partial charge in [0.25, 0.3) is 0 Å². The molecule has 0 bridgehead atoms. The van der Waals surface area contributed by atoms with Crippen molar-refractivity contribution in [2.45, 2.75) is 6.36 Å². The van der Waals surface area contributed by atoms with E-state index >= 15 is 0 Å². The molecule has 2 rings (SSSR count). The fraction of sp³-hybridized carbons (Fsp3) is 0.0833. The largest absolute Gasteiger partial charge is 0.573 e. The second-order valence-electron chi connectivity index (χ2n) is 3.68. The molecule has 1 aromatic carbocycles. The maximum atomic E-state index is 12.9. The number of nitrogens with two attached hydrogens (primary N) is 1. The number of hydrogen-bond acceptors (Lipinski definition) is 3. The lowest BCUT2D eigenvalue weighted by Gasteiger charge is -2.09.